The molecule has 2 nitrogen and oxygen atoms in total. The first-order chi connectivity index (χ1) is 6.35. The molecule has 0 radical (unpaired) electrons. The highest BCUT2D eigenvalue weighted by molar-refractivity contribution is 8.38. The van der Waals surface area contributed by atoms with E-state index >= 15 is 0 Å². The summed E-state index contributed by atoms with van der Waals surface area (Å²) in [5, 5.41) is 19.7. The van der Waals surface area contributed by atoms with Gasteiger partial charge in [0.2, 0.25) is 0 Å². The standard InChI is InChI=1S/C7H10O2S4/c8-1-4-5(2-9)13-7-6(12-4)10-3-11-7/h4-5,8-9H,1-3H2/t4-,5-/m0/s1. The maximum absolute atomic E-state index is 9.13. The van der Waals surface area contributed by atoms with E-state index in [-0.39, 0.29) is 23.7 Å². The molecule has 2 rings (SSSR count). The zero-order valence-corrected chi connectivity index (χ0v) is 10.1. The minimum absolute atomic E-state index is 0.158. The number of thioether (sulfide) groups is 4. The summed E-state index contributed by atoms with van der Waals surface area (Å²) < 4.78 is 2.69. The lowest BCUT2D eigenvalue weighted by Crippen LogP contribution is -2.29. The molecule has 0 aromatic carbocycles. The highest BCUT2D eigenvalue weighted by Crippen LogP contribution is 2.57. The fraction of sp³-hybridized carbons (Fsp3) is 0.714. The van der Waals surface area contributed by atoms with Crippen LogP contribution in [0.3, 0.4) is 0 Å². The molecule has 6 heteroatoms. The highest BCUT2D eigenvalue weighted by Gasteiger charge is 2.33. The highest BCUT2D eigenvalue weighted by atomic mass is 32.3. The number of aliphatic hydroxyl groups is 2. The van der Waals surface area contributed by atoms with Gasteiger partial charge in [-0.1, -0.05) is 0 Å². The predicted octanol–water partition coefficient (Wildman–Crippen LogP) is 1.75. The Labute approximate surface area is 94.3 Å². The van der Waals surface area contributed by atoms with Gasteiger partial charge in [0.05, 0.1) is 21.7 Å². The van der Waals surface area contributed by atoms with Crippen LogP contribution in [0.5, 0.6) is 0 Å². The van der Waals surface area contributed by atoms with Crippen molar-refractivity contribution in [2.24, 2.45) is 0 Å². The van der Waals surface area contributed by atoms with Crippen LogP contribution in [0.15, 0.2) is 8.47 Å². The zero-order chi connectivity index (χ0) is 9.26. The third-order valence-corrected chi connectivity index (χ3v) is 8.08. The summed E-state index contributed by atoms with van der Waals surface area (Å²) in [7, 11) is 0. The first-order valence-corrected chi connectivity index (χ1v) is 7.63. The first kappa shape index (κ1) is 10.6. The summed E-state index contributed by atoms with van der Waals surface area (Å²) in [6.07, 6.45) is 0. The molecule has 2 N–H and O–H groups in total. The van der Waals surface area contributed by atoms with Gasteiger partial charge in [-0.05, 0) is 0 Å². The second-order valence-electron chi connectivity index (χ2n) is 2.66. The quantitative estimate of drug-likeness (QED) is 0.782. The smallest absolute Gasteiger partial charge is 0.0615 e. The van der Waals surface area contributed by atoms with Gasteiger partial charge in [-0.25, -0.2) is 0 Å². The van der Waals surface area contributed by atoms with Gasteiger partial charge < -0.3 is 10.2 Å². The van der Waals surface area contributed by atoms with E-state index in [9.17, 15) is 0 Å². The van der Waals surface area contributed by atoms with Gasteiger partial charge in [-0.2, -0.15) is 0 Å². The maximum Gasteiger partial charge on any atom is 0.0615 e. The maximum atomic E-state index is 9.13. The van der Waals surface area contributed by atoms with E-state index in [1.54, 1.807) is 23.5 Å². The Morgan fingerprint density at radius 1 is 1.00 bits per heavy atom. The summed E-state index contributed by atoms with van der Waals surface area (Å²) in [4.78, 5) is 0. The van der Waals surface area contributed by atoms with Crippen molar-refractivity contribution in [3.05, 3.63) is 8.47 Å². The van der Waals surface area contributed by atoms with E-state index in [2.05, 4.69) is 0 Å². The van der Waals surface area contributed by atoms with Crippen LogP contribution in [0.1, 0.15) is 0 Å². The topological polar surface area (TPSA) is 40.5 Å². The van der Waals surface area contributed by atoms with Crippen molar-refractivity contribution < 1.29 is 10.2 Å². The van der Waals surface area contributed by atoms with E-state index in [1.807, 2.05) is 23.5 Å². The molecule has 0 aliphatic carbocycles. The van der Waals surface area contributed by atoms with Crippen molar-refractivity contribution in [3.63, 3.8) is 0 Å². The number of hydrogen-bond acceptors (Lipinski definition) is 6. The molecule has 0 aromatic rings. The Morgan fingerprint density at radius 2 is 1.46 bits per heavy atom. The predicted molar refractivity (Wildman–Crippen MR) is 64.0 cm³/mol. The van der Waals surface area contributed by atoms with Gasteiger partial charge in [0.15, 0.2) is 0 Å². The molecular weight excluding hydrogens is 244 g/mol. The Balaban J connectivity index is 2.10. The molecule has 2 aliphatic rings. The van der Waals surface area contributed by atoms with E-state index in [0.717, 1.165) is 5.08 Å². The van der Waals surface area contributed by atoms with Crippen LogP contribution in [0.2, 0.25) is 0 Å². The third kappa shape index (κ3) is 2.18. The van der Waals surface area contributed by atoms with Crippen LogP contribution in [-0.4, -0.2) is 39.0 Å². The molecule has 0 amide bonds. The molecule has 2 atom stereocenters. The largest absolute Gasteiger partial charge is 0.395 e. The fourth-order valence-corrected chi connectivity index (χ4v) is 7.62. The molecule has 0 unspecified atom stereocenters. The monoisotopic (exact) mass is 254 g/mol. The minimum atomic E-state index is 0.158. The number of aliphatic hydroxyl groups excluding tert-OH is 2. The Kier molecular flexibility index (Phi) is 3.84. The van der Waals surface area contributed by atoms with E-state index in [4.69, 9.17) is 10.2 Å². The lowest BCUT2D eigenvalue weighted by molar-refractivity contribution is 0.253. The van der Waals surface area contributed by atoms with Gasteiger partial charge in [0.1, 0.15) is 0 Å². The minimum Gasteiger partial charge on any atom is -0.395 e. The number of rotatable bonds is 2. The fourth-order valence-electron chi connectivity index (χ4n) is 1.16. The Hall–Kier alpha value is 1.06. The van der Waals surface area contributed by atoms with Crippen LogP contribution in [-0.2, 0) is 0 Å². The Bertz CT molecular complexity index is 209. The van der Waals surface area contributed by atoms with Crippen LogP contribution in [0.4, 0.5) is 0 Å². The summed E-state index contributed by atoms with van der Waals surface area (Å²) in [6, 6.07) is 0. The van der Waals surface area contributed by atoms with Crippen LogP contribution < -0.4 is 0 Å². The lowest BCUT2D eigenvalue weighted by Gasteiger charge is -2.27. The summed E-state index contributed by atoms with van der Waals surface area (Å²) >= 11 is 7.15. The van der Waals surface area contributed by atoms with Crippen LogP contribution >= 0.6 is 47.0 Å². The molecule has 13 heavy (non-hydrogen) atoms. The average Bonchev–Trinajstić information content (AvgIpc) is 2.62. The SMILES string of the molecule is OC[C@@H]1SC2=C(SCS2)S[C@H]1CO. The van der Waals surface area contributed by atoms with Crippen molar-refractivity contribution in [3.8, 4) is 0 Å². The number of hydrogen-bond donors (Lipinski definition) is 2. The molecule has 0 spiro atoms. The molecule has 0 saturated carbocycles. The lowest BCUT2D eigenvalue weighted by atomic mass is 10.3. The second-order valence-corrected chi connectivity index (χ2v) is 8.01. The van der Waals surface area contributed by atoms with Crippen molar-refractivity contribution in [1.29, 1.82) is 0 Å². The van der Waals surface area contributed by atoms with Gasteiger partial charge in [0.25, 0.3) is 0 Å². The summed E-state index contributed by atoms with van der Waals surface area (Å²) in [5.74, 6) is 0. The van der Waals surface area contributed by atoms with Gasteiger partial charge in [-0.15, -0.1) is 47.0 Å². The van der Waals surface area contributed by atoms with Crippen LogP contribution in [0.25, 0.3) is 0 Å². The third-order valence-electron chi connectivity index (χ3n) is 1.84. The van der Waals surface area contributed by atoms with Crippen molar-refractivity contribution >= 4 is 47.0 Å². The van der Waals surface area contributed by atoms with Gasteiger partial charge in [-0.3, -0.25) is 0 Å². The van der Waals surface area contributed by atoms with E-state index in [0.29, 0.717) is 0 Å². The molecule has 2 aliphatic heterocycles. The normalized spacial score (nSPS) is 33.7. The second kappa shape index (κ2) is 4.72. The van der Waals surface area contributed by atoms with E-state index in [1.165, 1.54) is 8.47 Å². The molecular formula is C7H10O2S4. The molecule has 0 bridgehead atoms. The van der Waals surface area contributed by atoms with Crippen LogP contribution in [0, 0.1) is 0 Å². The van der Waals surface area contributed by atoms with Crippen molar-refractivity contribution in [1.82, 2.24) is 0 Å². The van der Waals surface area contributed by atoms with Crippen molar-refractivity contribution in [2.75, 3.05) is 18.3 Å². The molecule has 74 valence electrons. The van der Waals surface area contributed by atoms with Gasteiger partial charge in [0, 0.05) is 15.6 Å². The zero-order valence-electron chi connectivity index (χ0n) is 6.80. The molecule has 0 fully saturated rings. The van der Waals surface area contributed by atoms with E-state index < -0.39 is 0 Å². The van der Waals surface area contributed by atoms with Crippen molar-refractivity contribution in [2.45, 2.75) is 10.5 Å². The molecule has 0 saturated heterocycles. The first-order valence-electron chi connectivity index (χ1n) is 3.90. The Morgan fingerprint density at radius 3 is 1.85 bits per heavy atom. The van der Waals surface area contributed by atoms with Gasteiger partial charge >= 0.3 is 0 Å². The molecule has 0 aromatic heterocycles. The molecule has 2 heterocycles. The average molecular weight is 254 g/mol. The summed E-state index contributed by atoms with van der Waals surface area (Å²) in [5.41, 5.74) is 0. The summed E-state index contributed by atoms with van der Waals surface area (Å²) in [6.45, 7) is 0.315.